The molecule has 0 fully saturated rings. The van der Waals surface area contributed by atoms with Crippen LogP contribution in [0.5, 0.6) is 0 Å². The third-order valence-electron chi connectivity index (χ3n) is 2.25. The summed E-state index contributed by atoms with van der Waals surface area (Å²) in [4.78, 5) is 24.3. The van der Waals surface area contributed by atoms with Crippen LogP contribution >= 0.6 is 0 Å². The van der Waals surface area contributed by atoms with Crippen molar-refractivity contribution >= 4 is 11.7 Å². The smallest absolute Gasteiger partial charge is 0.311 e. The number of aromatic nitrogens is 1. The van der Waals surface area contributed by atoms with E-state index in [2.05, 4.69) is 9.72 Å². The highest BCUT2D eigenvalue weighted by molar-refractivity contribution is 5.73. The number of nitro groups is 1. The van der Waals surface area contributed by atoms with E-state index in [-0.39, 0.29) is 17.9 Å². The highest BCUT2D eigenvalue weighted by Gasteiger charge is 2.27. The van der Waals surface area contributed by atoms with Crippen LogP contribution in [0.15, 0.2) is 6.07 Å². The number of pyridine rings is 1. The Morgan fingerprint density at radius 2 is 2.30 bits per heavy atom. The molecule has 0 unspecified atom stereocenters. The molecule has 0 N–H and O–H groups in total. The second-order valence-corrected chi connectivity index (χ2v) is 3.54. The van der Waals surface area contributed by atoms with E-state index >= 15 is 0 Å². The highest BCUT2D eigenvalue weighted by Crippen LogP contribution is 2.29. The van der Waals surface area contributed by atoms with Crippen LogP contribution in [0.2, 0.25) is 0 Å². The largest absolute Gasteiger partial charge is 0.466 e. The van der Waals surface area contributed by atoms with Crippen LogP contribution in [0.1, 0.15) is 30.3 Å². The van der Waals surface area contributed by atoms with E-state index < -0.39 is 35.1 Å². The summed E-state index contributed by atoms with van der Waals surface area (Å²) in [5.74, 6) is -0.759. The lowest BCUT2D eigenvalue weighted by atomic mass is 10.1. The fraction of sp³-hybridized carbons (Fsp3) is 0.364. The van der Waals surface area contributed by atoms with Gasteiger partial charge >= 0.3 is 5.97 Å². The summed E-state index contributed by atoms with van der Waals surface area (Å²) in [5, 5.41) is 19.5. The summed E-state index contributed by atoms with van der Waals surface area (Å²) >= 11 is 0. The van der Waals surface area contributed by atoms with Crippen molar-refractivity contribution in [2.45, 2.75) is 19.8 Å². The Hall–Kier alpha value is -2.63. The first-order chi connectivity index (χ1) is 9.40. The molecule has 0 aliphatic heterocycles. The zero-order valence-electron chi connectivity index (χ0n) is 10.3. The molecular formula is C11H9F2N3O4. The van der Waals surface area contributed by atoms with Gasteiger partial charge in [-0.25, -0.2) is 13.8 Å². The Kier molecular flexibility index (Phi) is 5.02. The zero-order valence-corrected chi connectivity index (χ0v) is 10.3. The van der Waals surface area contributed by atoms with Gasteiger partial charge in [-0.1, -0.05) is 0 Å². The molecule has 1 heterocycles. The molecule has 9 heteroatoms. The minimum atomic E-state index is -3.19. The number of rotatable bonds is 5. The van der Waals surface area contributed by atoms with E-state index in [0.29, 0.717) is 6.07 Å². The minimum Gasteiger partial charge on any atom is -0.466 e. The van der Waals surface area contributed by atoms with Crippen LogP contribution in [-0.4, -0.2) is 22.5 Å². The summed E-state index contributed by atoms with van der Waals surface area (Å²) in [6, 6.07) is 2.27. The molecule has 106 valence electrons. The van der Waals surface area contributed by atoms with Crippen LogP contribution in [0, 0.1) is 21.4 Å². The highest BCUT2D eigenvalue weighted by atomic mass is 19.3. The first kappa shape index (κ1) is 15.4. The Morgan fingerprint density at radius 1 is 1.65 bits per heavy atom. The average molecular weight is 285 g/mol. The number of esters is 1. The van der Waals surface area contributed by atoms with Crippen molar-refractivity contribution in [1.82, 2.24) is 4.98 Å². The average Bonchev–Trinajstić information content (AvgIpc) is 2.38. The second kappa shape index (κ2) is 6.51. The molecule has 1 aromatic heterocycles. The van der Waals surface area contributed by atoms with Gasteiger partial charge in [0.15, 0.2) is 5.69 Å². The summed E-state index contributed by atoms with van der Waals surface area (Å²) in [6.07, 6.45) is -3.70. The van der Waals surface area contributed by atoms with Gasteiger partial charge in [0.05, 0.1) is 29.2 Å². The van der Waals surface area contributed by atoms with Crippen molar-refractivity contribution in [3.63, 3.8) is 0 Å². The Bertz CT molecular complexity index is 584. The van der Waals surface area contributed by atoms with Gasteiger partial charge in [-0.15, -0.1) is 0 Å². The van der Waals surface area contributed by atoms with Crippen molar-refractivity contribution in [2.75, 3.05) is 6.61 Å². The molecule has 1 rings (SSSR count). The van der Waals surface area contributed by atoms with Crippen LogP contribution in [-0.2, 0) is 16.0 Å². The van der Waals surface area contributed by atoms with Crippen LogP contribution in [0.25, 0.3) is 0 Å². The summed E-state index contributed by atoms with van der Waals surface area (Å²) in [7, 11) is 0. The quantitative estimate of drug-likeness (QED) is 0.464. The molecule has 0 atom stereocenters. The van der Waals surface area contributed by atoms with Crippen molar-refractivity contribution in [3.8, 4) is 6.07 Å². The number of nitriles is 1. The predicted molar refractivity (Wildman–Crippen MR) is 60.9 cm³/mol. The standard InChI is InChI=1S/C11H9F2N3O4/c1-2-20-9(17)4-7-6(5-14)3-8(16(18)19)10(15-7)11(12)13/h3,11H,2,4H2,1H3. The van der Waals surface area contributed by atoms with Gasteiger partial charge in [0.1, 0.15) is 6.07 Å². The molecule has 0 radical (unpaired) electrons. The van der Waals surface area contributed by atoms with E-state index in [1.807, 2.05) is 0 Å². The van der Waals surface area contributed by atoms with Gasteiger partial charge in [0.25, 0.3) is 12.1 Å². The Morgan fingerprint density at radius 3 is 2.75 bits per heavy atom. The van der Waals surface area contributed by atoms with Crippen LogP contribution in [0.3, 0.4) is 0 Å². The number of carbonyl (C=O) groups excluding carboxylic acids is 1. The molecule has 0 saturated carbocycles. The third kappa shape index (κ3) is 3.44. The van der Waals surface area contributed by atoms with Crippen molar-refractivity contribution in [3.05, 3.63) is 33.1 Å². The first-order valence-electron chi connectivity index (χ1n) is 5.42. The number of alkyl halides is 2. The Labute approximate surface area is 111 Å². The summed E-state index contributed by atoms with van der Waals surface area (Å²) in [6.45, 7) is 1.63. The van der Waals surface area contributed by atoms with Gasteiger partial charge in [0.2, 0.25) is 0 Å². The van der Waals surface area contributed by atoms with Crippen molar-refractivity contribution in [2.24, 2.45) is 0 Å². The number of carbonyl (C=O) groups is 1. The molecule has 0 bridgehead atoms. The Balaban J connectivity index is 3.31. The lowest BCUT2D eigenvalue weighted by Gasteiger charge is -2.07. The summed E-state index contributed by atoms with van der Waals surface area (Å²) < 4.78 is 30.1. The number of hydrogen-bond acceptors (Lipinski definition) is 6. The van der Waals surface area contributed by atoms with Gasteiger partial charge in [-0.05, 0) is 6.92 Å². The molecule has 20 heavy (non-hydrogen) atoms. The first-order valence-corrected chi connectivity index (χ1v) is 5.42. The van der Waals surface area contributed by atoms with E-state index in [1.165, 1.54) is 0 Å². The van der Waals surface area contributed by atoms with E-state index in [4.69, 9.17) is 5.26 Å². The van der Waals surface area contributed by atoms with Gasteiger partial charge < -0.3 is 4.74 Å². The van der Waals surface area contributed by atoms with Crippen LogP contribution < -0.4 is 0 Å². The lowest BCUT2D eigenvalue weighted by Crippen LogP contribution is -2.12. The van der Waals surface area contributed by atoms with Crippen molar-refractivity contribution < 1.29 is 23.2 Å². The monoisotopic (exact) mass is 285 g/mol. The van der Waals surface area contributed by atoms with Gasteiger partial charge in [0, 0.05) is 6.07 Å². The van der Waals surface area contributed by atoms with Crippen molar-refractivity contribution in [1.29, 1.82) is 5.26 Å². The predicted octanol–water partition coefficient (Wildman–Crippen LogP) is 1.90. The number of hydrogen-bond donors (Lipinski definition) is 0. The topological polar surface area (TPSA) is 106 Å². The van der Waals surface area contributed by atoms with Gasteiger partial charge in [-0.3, -0.25) is 14.9 Å². The molecular weight excluding hydrogens is 276 g/mol. The second-order valence-electron chi connectivity index (χ2n) is 3.54. The van der Waals surface area contributed by atoms with Crippen LogP contribution in [0.4, 0.5) is 14.5 Å². The maximum Gasteiger partial charge on any atom is 0.311 e. The lowest BCUT2D eigenvalue weighted by molar-refractivity contribution is -0.386. The molecule has 0 aromatic carbocycles. The molecule has 0 amide bonds. The van der Waals surface area contributed by atoms with Gasteiger partial charge in [-0.2, -0.15) is 5.26 Å². The number of ether oxygens (including phenoxy) is 1. The maximum atomic E-state index is 12.7. The normalized spacial score (nSPS) is 10.2. The summed E-state index contributed by atoms with van der Waals surface area (Å²) in [5.41, 5.74) is -2.61. The molecule has 1 aromatic rings. The van der Waals surface area contributed by atoms with E-state index in [9.17, 15) is 23.7 Å². The molecule has 0 aliphatic rings. The van der Waals surface area contributed by atoms with E-state index in [0.717, 1.165) is 0 Å². The number of nitrogens with zero attached hydrogens (tertiary/aromatic N) is 3. The number of halogens is 2. The zero-order chi connectivity index (χ0) is 15.3. The fourth-order valence-electron chi connectivity index (χ4n) is 1.44. The third-order valence-corrected chi connectivity index (χ3v) is 2.25. The van der Waals surface area contributed by atoms with E-state index in [1.54, 1.807) is 13.0 Å². The SMILES string of the molecule is CCOC(=O)Cc1nc(C(F)F)c([N+](=O)[O-])cc1C#N. The maximum absolute atomic E-state index is 12.7. The minimum absolute atomic E-state index is 0.0788. The molecule has 0 aliphatic carbocycles. The fourth-order valence-corrected chi connectivity index (χ4v) is 1.44. The molecule has 0 saturated heterocycles. The molecule has 7 nitrogen and oxygen atoms in total. The molecule has 0 spiro atoms.